The summed E-state index contributed by atoms with van der Waals surface area (Å²) in [6.45, 7) is 7.01. The first-order chi connectivity index (χ1) is 13.7. The van der Waals surface area contributed by atoms with Crippen LogP contribution >= 0.6 is 0 Å². The molecule has 0 spiro atoms. The van der Waals surface area contributed by atoms with Gasteiger partial charge in [0.1, 0.15) is 0 Å². The minimum Gasteiger partial charge on any atom is -0.481 e. The summed E-state index contributed by atoms with van der Waals surface area (Å²) in [7, 11) is 0. The van der Waals surface area contributed by atoms with Crippen LogP contribution < -0.4 is 0 Å². The third kappa shape index (κ3) is 5.76. The molecule has 1 aliphatic rings. The van der Waals surface area contributed by atoms with Gasteiger partial charge >= 0.3 is 11.9 Å². The summed E-state index contributed by atoms with van der Waals surface area (Å²) >= 11 is 0. The van der Waals surface area contributed by atoms with E-state index in [0.29, 0.717) is 12.0 Å². The van der Waals surface area contributed by atoms with Crippen molar-refractivity contribution in [2.24, 2.45) is 0 Å². The van der Waals surface area contributed by atoms with Gasteiger partial charge in [-0.3, -0.25) is 14.4 Å². The molecular formula is C24H28O5. The van der Waals surface area contributed by atoms with E-state index in [-0.39, 0.29) is 17.9 Å². The Morgan fingerprint density at radius 2 is 1.45 bits per heavy atom. The molecule has 154 valence electrons. The maximum atomic E-state index is 11.3. The zero-order valence-corrected chi connectivity index (χ0v) is 17.4. The zero-order chi connectivity index (χ0) is 21.6. The predicted molar refractivity (Wildman–Crippen MR) is 112 cm³/mol. The minimum atomic E-state index is -0.735. The fourth-order valence-corrected chi connectivity index (χ4v) is 2.98. The normalized spacial score (nSPS) is 13.8. The molecule has 2 aromatic rings. The molecule has 1 saturated carbocycles. The van der Waals surface area contributed by atoms with Gasteiger partial charge < -0.3 is 9.84 Å². The average Bonchev–Trinajstić information content (AvgIpc) is 3.50. The Morgan fingerprint density at radius 1 is 0.966 bits per heavy atom. The zero-order valence-electron chi connectivity index (χ0n) is 17.4. The van der Waals surface area contributed by atoms with Crippen LogP contribution in [0.1, 0.15) is 62.9 Å². The lowest BCUT2D eigenvalue weighted by atomic mass is 9.93. The molecule has 0 bridgehead atoms. The quantitative estimate of drug-likeness (QED) is 0.548. The molecule has 29 heavy (non-hydrogen) atoms. The van der Waals surface area contributed by atoms with Gasteiger partial charge in [-0.05, 0) is 50.3 Å². The monoisotopic (exact) mass is 396 g/mol. The number of aliphatic carboxylic acids is 1. The van der Waals surface area contributed by atoms with Crippen molar-refractivity contribution in [2.45, 2.75) is 58.5 Å². The maximum absolute atomic E-state index is 11.3. The Balaban J connectivity index is 0.000000321. The lowest BCUT2D eigenvalue weighted by Crippen LogP contribution is -2.19. The first kappa shape index (κ1) is 22.3. The molecule has 0 unspecified atom stereocenters. The van der Waals surface area contributed by atoms with Gasteiger partial charge in [0.2, 0.25) is 0 Å². The molecule has 0 saturated heterocycles. The van der Waals surface area contributed by atoms with E-state index in [0.717, 1.165) is 29.5 Å². The molecule has 0 aliphatic heterocycles. The lowest BCUT2D eigenvalue weighted by Gasteiger charge is -2.11. The SMILES string of the molecule is CC(=O)c1ccc(-c2ccc(C3(C(=O)O)CC3)cc2)cc1.CCC(=O)OC(C)C. The van der Waals surface area contributed by atoms with Gasteiger partial charge in [0.25, 0.3) is 0 Å². The van der Waals surface area contributed by atoms with Gasteiger partial charge in [-0.1, -0.05) is 55.5 Å². The number of carbonyl (C=O) groups is 3. The number of carbonyl (C=O) groups excluding carboxylic acids is 2. The van der Waals surface area contributed by atoms with Crippen LogP contribution in [-0.4, -0.2) is 28.9 Å². The Bertz CT molecular complexity index is 859. The van der Waals surface area contributed by atoms with Crippen LogP contribution in [0.2, 0.25) is 0 Å². The van der Waals surface area contributed by atoms with Crippen molar-refractivity contribution >= 4 is 17.7 Å². The van der Waals surface area contributed by atoms with Gasteiger partial charge in [-0.25, -0.2) is 0 Å². The highest BCUT2D eigenvalue weighted by Crippen LogP contribution is 2.48. The van der Waals surface area contributed by atoms with Gasteiger partial charge in [-0.15, -0.1) is 0 Å². The second kappa shape index (κ2) is 9.50. The Labute approximate surface area is 171 Å². The van der Waals surface area contributed by atoms with E-state index < -0.39 is 11.4 Å². The molecule has 1 fully saturated rings. The Morgan fingerprint density at radius 3 is 1.76 bits per heavy atom. The molecule has 2 aromatic carbocycles. The molecule has 1 aliphatic carbocycles. The van der Waals surface area contributed by atoms with Gasteiger partial charge in [0.05, 0.1) is 11.5 Å². The molecule has 1 N–H and O–H groups in total. The standard InChI is InChI=1S/C18H16O3.C6H12O2/c1-12(19)13-2-4-14(5-3-13)15-6-8-16(9-7-15)18(10-11-18)17(20)21;1-4-6(7)8-5(2)3/h2-9H,10-11H2,1H3,(H,20,21);5H,4H2,1-3H3. The lowest BCUT2D eigenvalue weighted by molar-refractivity contribution is -0.147. The molecule has 5 heteroatoms. The van der Waals surface area contributed by atoms with Crippen molar-refractivity contribution < 1.29 is 24.2 Å². The number of rotatable bonds is 6. The smallest absolute Gasteiger partial charge is 0.314 e. The van der Waals surface area contributed by atoms with Crippen LogP contribution in [0.4, 0.5) is 0 Å². The third-order valence-electron chi connectivity index (χ3n) is 4.88. The van der Waals surface area contributed by atoms with Crippen molar-refractivity contribution in [2.75, 3.05) is 0 Å². The Kier molecular flexibility index (Phi) is 7.32. The van der Waals surface area contributed by atoms with E-state index in [4.69, 9.17) is 4.74 Å². The van der Waals surface area contributed by atoms with Crippen LogP contribution in [-0.2, 0) is 19.7 Å². The molecular weight excluding hydrogens is 368 g/mol. The van der Waals surface area contributed by atoms with E-state index in [1.807, 2.05) is 62.4 Å². The number of esters is 1. The van der Waals surface area contributed by atoms with Crippen LogP contribution in [0.15, 0.2) is 48.5 Å². The number of Topliss-reactive ketones (excluding diaryl/α,β-unsaturated/α-hetero) is 1. The number of ketones is 1. The molecule has 5 nitrogen and oxygen atoms in total. The third-order valence-corrected chi connectivity index (χ3v) is 4.88. The molecule has 0 amide bonds. The molecule has 0 radical (unpaired) electrons. The van der Waals surface area contributed by atoms with Crippen LogP contribution in [0.25, 0.3) is 11.1 Å². The topological polar surface area (TPSA) is 80.7 Å². The number of benzene rings is 2. The number of hydrogen-bond donors (Lipinski definition) is 1. The van der Waals surface area contributed by atoms with Crippen molar-refractivity contribution in [3.05, 3.63) is 59.7 Å². The van der Waals surface area contributed by atoms with E-state index in [9.17, 15) is 19.5 Å². The number of carboxylic acid groups (broad SMARTS) is 1. The summed E-state index contributed by atoms with van der Waals surface area (Å²) in [5.41, 5.74) is 2.95. The van der Waals surface area contributed by atoms with Crippen molar-refractivity contribution in [3.8, 4) is 11.1 Å². The second-order valence-corrected chi connectivity index (χ2v) is 7.49. The van der Waals surface area contributed by atoms with Gasteiger partial charge in [0, 0.05) is 12.0 Å². The summed E-state index contributed by atoms with van der Waals surface area (Å²) in [6, 6.07) is 15.1. The molecule has 3 rings (SSSR count). The molecule has 0 heterocycles. The van der Waals surface area contributed by atoms with Crippen molar-refractivity contribution in [3.63, 3.8) is 0 Å². The average molecular weight is 396 g/mol. The van der Waals surface area contributed by atoms with E-state index in [1.54, 1.807) is 13.8 Å². The predicted octanol–water partition coefficient (Wildman–Crippen LogP) is 5.02. The number of carboxylic acids is 1. The van der Waals surface area contributed by atoms with Crippen molar-refractivity contribution in [1.29, 1.82) is 0 Å². The summed E-state index contributed by atoms with van der Waals surface area (Å²) in [4.78, 5) is 33.0. The fourth-order valence-electron chi connectivity index (χ4n) is 2.98. The largest absolute Gasteiger partial charge is 0.481 e. The van der Waals surface area contributed by atoms with Crippen LogP contribution in [0, 0.1) is 0 Å². The van der Waals surface area contributed by atoms with Gasteiger partial charge in [-0.2, -0.15) is 0 Å². The van der Waals surface area contributed by atoms with Crippen molar-refractivity contribution in [1.82, 2.24) is 0 Å². The first-order valence-corrected chi connectivity index (χ1v) is 9.84. The Hall–Kier alpha value is -2.95. The fraction of sp³-hybridized carbons (Fsp3) is 0.375. The van der Waals surface area contributed by atoms with E-state index in [1.165, 1.54) is 0 Å². The maximum Gasteiger partial charge on any atom is 0.314 e. The summed E-state index contributed by atoms with van der Waals surface area (Å²) in [5, 5.41) is 9.29. The van der Waals surface area contributed by atoms with E-state index in [2.05, 4.69) is 0 Å². The summed E-state index contributed by atoms with van der Waals surface area (Å²) in [5.74, 6) is -0.810. The first-order valence-electron chi connectivity index (χ1n) is 9.84. The van der Waals surface area contributed by atoms with Crippen LogP contribution in [0.3, 0.4) is 0 Å². The second-order valence-electron chi connectivity index (χ2n) is 7.49. The number of ether oxygens (including phenoxy) is 1. The highest BCUT2D eigenvalue weighted by Gasteiger charge is 2.51. The van der Waals surface area contributed by atoms with Crippen LogP contribution in [0.5, 0.6) is 0 Å². The summed E-state index contributed by atoms with van der Waals surface area (Å²) < 4.78 is 4.76. The number of hydrogen-bond acceptors (Lipinski definition) is 4. The van der Waals surface area contributed by atoms with Gasteiger partial charge in [0.15, 0.2) is 5.78 Å². The minimum absolute atomic E-state index is 0.0300. The van der Waals surface area contributed by atoms with E-state index >= 15 is 0 Å². The molecule has 0 aromatic heterocycles. The molecule has 0 atom stereocenters. The highest BCUT2D eigenvalue weighted by molar-refractivity contribution is 5.94. The summed E-state index contributed by atoms with van der Waals surface area (Å²) in [6.07, 6.45) is 1.93. The highest BCUT2D eigenvalue weighted by atomic mass is 16.5.